The Balaban J connectivity index is 1.53. The number of nitrogens with zero attached hydrogens (tertiary/aromatic N) is 4. The average Bonchev–Trinajstić information content (AvgIpc) is 3.40. The minimum absolute atomic E-state index is 0.229. The Morgan fingerprint density at radius 2 is 2.03 bits per heavy atom. The van der Waals surface area contributed by atoms with Crippen molar-refractivity contribution in [3.05, 3.63) is 35.4 Å². The number of rotatable bonds is 4. The highest BCUT2D eigenvalue weighted by molar-refractivity contribution is 5.92. The highest BCUT2D eigenvalue weighted by Crippen LogP contribution is 2.38. The van der Waals surface area contributed by atoms with Crippen molar-refractivity contribution < 1.29 is 13.7 Å². The molecule has 1 N–H and O–H groups in total. The molecule has 2 fully saturated rings. The molecule has 0 unspecified atom stereocenters. The van der Waals surface area contributed by atoms with Crippen LogP contribution in [0.1, 0.15) is 37.6 Å². The molecule has 0 radical (unpaired) electrons. The van der Waals surface area contributed by atoms with E-state index in [1.807, 2.05) is 13.0 Å². The van der Waals surface area contributed by atoms with Gasteiger partial charge in [-0.2, -0.15) is 4.98 Å². The van der Waals surface area contributed by atoms with Crippen LogP contribution in [0.3, 0.4) is 0 Å². The molecule has 2 aromatic heterocycles. The maximum absolute atomic E-state index is 14.7. The molecule has 2 aliphatic heterocycles. The Hall–Kier alpha value is -2.58. The summed E-state index contributed by atoms with van der Waals surface area (Å²) in [6, 6.07) is 6.16. The molecule has 5 rings (SSSR count). The average molecular weight is 426 g/mol. The zero-order chi connectivity index (χ0) is 21.5. The van der Waals surface area contributed by atoms with Crippen molar-refractivity contribution in [1.82, 2.24) is 20.4 Å². The van der Waals surface area contributed by atoms with Crippen LogP contribution in [0, 0.1) is 19.7 Å². The van der Waals surface area contributed by atoms with Crippen molar-refractivity contribution in [1.29, 1.82) is 0 Å². The largest absolute Gasteiger partial charge is 0.380 e. The summed E-state index contributed by atoms with van der Waals surface area (Å²) in [5.41, 5.74) is 2.07. The molecule has 2 aliphatic rings. The Kier molecular flexibility index (Phi) is 5.35. The molecule has 4 heterocycles. The van der Waals surface area contributed by atoms with Gasteiger partial charge in [0.25, 0.3) is 5.89 Å². The third-order valence-corrected chi connectivity index (χ3v) is 6.50. The number of aryl methyl sites for hydroxylation is 2. The zero-order valence-electron chi connectivity index (χ0n) is 18.2. The normalized spacial score (nSPS) is 24.3. The van der Waals surface area contributed by atoms with Crippen LogP contribution < -0.4 is 10.2 Å². The van der Waals surface area contributed by atoms with Gasteiger partial charge in [0.15, 0.2) is 5.82 Å². The molecule has 0 amide bonds. The number of ether oxygens (including phenoxy) is 1. The minimum Gasteiger partial charge on any atom is -0.380 e. The Labute approximate surface area is 181 Å². The molecule has 7 nitrogen and oxygen atoms in total. The van der Waals surface area contributed by atoms with Gasteiger partial charge in [0, 0.05) is 36.7 Å². The zero-order valence-corrected chi connectivity index (χ0v) is 18.2. The van der Waals surface area contributed by atoms with Crippen LogP contribution in [0.4, 0.5) is 10.2 Å². The van der Waals surface area contributed by atoms with E-state index in [0.717, 1.165) is 55.5 Å². The highest BCUT2D eigenvalue weighted by Gasteiger charge is 2.32. The third-order valence-electron chi connectivity index (χ3n) is 6.50. The summed E-state index contributed by atoms with van der Waals surface area (Å²) in [5.74, 6) is 1.39. The van der Waals surface area contributed by atoms with E-state index in [-0.39, 0.29) is 11.9 Å². The summed E-state index contributed by atoms with van der Waals surface area (Å²) >= 11 is 0. The van der Waals surface area contributed by atoms with Crippen LogP contribution in [0.25, 0.3) is 22.4 Å². The fourth-order valence-electron chi connectivity index (χ4n) is 4.90. The second-order valence-electron chi connectivity index (χ2n) is 8.71. The second-order valence-corrected chi connectivity index (χ2v) is 8.71. The first-order valence-corrected chi connectivity index (χ1v) is 11.0. The number of pyridine rings is 1. The SMILES string of the molecule is Cc1noc(-c2c(N3CC[C@@H](N[C@@H]4CCOC4)C[C@H]3C)nc3c(F)cccc3c2C)n1. The Morgan fingerprint density at radius 3 is 2.74 bits per heavy atom. The van der Waals surface area contributed by atoms with Gasteiger partial charge in [-0.15, -0.1) is 0 Å². The fourth-order valence-corrected chi connectivity index (χ4v) is 4.90. The van der Waals surface area contributed by atoms with Gasteiger partial charge in [0.05, 0.1) is 12.2 Å². The molecular formula is C23H28FN5O2. The molecule has 0 aliphatic carbocycles. The van der Waals surface area contributed by atoms with Crippen LogP contribution in [0.15, 0.2) is 22.7 Å². The smallest absolute Gasteiger partial charge is 0.261 e. The number of hydrogen-bond acceptors (Lipinski definition) is 7. The summed E-state index contributed by atoms with van der Waals surface area (Å²) in [4.78, 5) is 11.5. The summed E-state index contributed by atoms with van der Waals surface area (Å²) < 4.78 is 25.7. The maximum atomic E-state index is 14.7. The van der Waals surface area contributed by atoms with Crippen molar-refractivity contribution in [2.24, 2.45) is 0 Å². The highest BCUT2D eigenvalue weighted by atomic mass is 19.1. The van der Waals surface area contributed by atoms with Crippen molar-refractivity contribution in [2.75, 3.05) is 24.7 Å². The number of fused-ring (bicyclic) bond motifs is 1. The molecule has 3 aromatic rings. The van der Waals surface area contributed by atoms with E-state index in [2.05, 4.69) is 27.3 Å². The lowest BCUT2D eigenvalue weighted by molar-refractivity contribution is 0.185. The standard InChI is InChI=1S/C23H28FN5O2/c1-13-11-16(26-17-8-10-30-12-17)7-9-29(13)22-20(23-25-15(3)28-31-23)14(2)18-5-4-6-19(24)21(18)27-22/h4-6,13,16-17,26H,7-12H2,1-3H3/t13-,16-,17-/m1/s1. The van der Waals surface area contributed by atoms with E-state index in [9.17, 15) is 4.39 Å². The van der Waals surface area contributed by atoms with Crippen LogP contribution in [0.2, 0.25) is 0 Å². The first kappa shape index (κ1) is 20.3. The number of para-hydroxylation sites is 1. The van der Waals surface area contributed by atoms with E-state index >= 15 is 0 Å². The van der Waals surface area contributed by atoms with Crippen molar-refractivity contribution in [2.45, 2.75) is 58.2 Å². The molecular weight excluding hydrogens is 397 g/mol. The molecule has 1 aromatic carbocycles. The Morgan fingerprint density at radius 1 is 1.16 bits per heavy atom. The fraction of sp³-hybridized carbons (Fsp3) is 0.522. The van der Waals surface area contributed by atoms with Gasteiger partial charge in [-0.3, -0.25) is 0 Å². The number of hydrogen-bond donors (Lipinski definition) is 1. The molecule has 8 heteroatoms. The summed E-state index contributed by atoms with van der Waals surface area (Å²) in [7, 11) is 0. The molecule has 31 heavy (non-hydrogen) atoms. The van der Waals surface area contributed by atoms with Crippen LogP contribution in [-0.4, -0.2) is 53.0 Å². The predicted molar refractivity (Wildman–Crippen MR) is 117 cm³/mol. The van der Waals surface area contributed by atoms with Crippen molar-refractivity contribution in [3.63, 3.8) is 0 Å². The molecule has 2 saturated heterocycles. The first-order chi connectivity index (χ1) is 15.0. The lowest BCUT2D eigenvalue weighted by Gasteiger charge is -2.40. The number of benzene rings is 1. The first-order valence-electron chi connectivity index (χ1n) is 11.0. The maximum Gasteiger partial charge on any atom is 0.261 e. The predicted octanol–water partition coefficient (Wildman–Crippen LogP) is 3.78. The molecule has 0 spiro atoms. The number of anilines is 1. The Bertz CT molecular complexity index is 1100. The molecule has 0 bridgehead atoms. The topological polar surface area (TPSA) is 76.3 Å². The molecule has 164 valence electrons. The molecule has 0 saturated carbocycles. The lowest BCUT2D eigenvalue weighted by atomic mass is 9.95. The van der Waals surface area contributed by atoms with E-state index in [1.165, 1.54) is 6.07 Å². The van der Waals surface area contributed by atoms with Crippen LogP contribution in [0.5, 0.6) is 0 Å². The van der Waals surface area contributed by atoms with Crippen molar-refractivity contribution >= 4 is 16.7 Å². The number of piperidine rings is 1. The third kappa shape index (κ3) is 3.78. The quantitative estimate of drug-likeness (QED) is 0.682. The number of halogens is 1. The van der Waals surface area contributed by atoms with Gasteiger partial charge in [-0.1, -0.05) is 17.3 Å². The van der Waals surface area contributed by atoms with Crippen LogP contribution >= 0.6 is 0 Å². The number of aromatic nitrogens is 3. The van der Waals surface area contributed by atoms with Gasteiger partial charge in [0.1, 0.15) is 17.2 Å². The van der Waals surface area contributed by atoms with E-state index in [1.54, 1.807) is 13.0 Å². The summed E-state index contributed by atoms with van der Waals surface area (Å²) in [5, 5.41) is 8.49. The summed E-state index contributed by atoms with van der Waals surface area (Å²) in [6.07, 6.45) is 3.04. The van der Waals surface area contributed by atoms with Gasteiger partial charge >= 0.3 is 0 Å². The minimum atomic E-state index is -0.319. The second kappa shape index (κ2) is 8.16. The van der Waals surface area contributed by atoms with E-state index in [0.29, 0.717) is 35.1 Å². The van der Waals surface area contributed by atoms with Crippen molar-refractivity contribution in [3.8, 4) is 11.5 Å². The van der Waals surface area contributed by atoms with Crippen LogP contribution in [-0.2, 0) is 4.74 Å². The number of nitrogens with one attached hydrogen (secondary N) is 1. The summed E-state index contributed by atoms with van der Waals surface area (Å²) in [6.45, 7) is 8.41. The van der Waals surface area contributed by atoms with E-state index in [4.69, 9.17) is 14.2 Å². The van der Waals surface area contributed by atoms with Gasteiger partial charge < -0.3 is 19.5 Å². The van der Waals surface area contributed by atoms with E-state index < -0.39 is 0 Å². The van der Waals surface area contributed by atoms with Gasteiger partial charge in [-0.25, -0.2) is 9.37 Å². The molecule has 3 atom stereocenters. The van der Waals surface area contributed by atoms with Gasteiger partial charge in [0.2, 0.25) is 0 Å². The monoisotopic (exact) mass is 425 g/mol. The lowest BCUT2D eigenvalue weighted by Crippen LogP contribution is -2.50. The van der Waals surface area contributed by atoms with Gasteiger partial charge in [-0.05, 0) is 51.7 Å².